The number of nitrogens with zero attached hydrogens (tertiary/aromatic N) is 2. The molecule has 0 radical (unpaired) electrons. The van der Waals surface area contributed by atoms with Gasteiger partial charge in [0.15, 0.2) is 0 Å². The van der Waals surface area contributed by atoms with Gasteiger partial charge in [0, 0.05) is 18.9 Å². The normalized spacial score (nSPS) is 16.2. The van der Waals surface area contributed by atoms with E-state index in [1.54, 1.807) is 12.4 Å². The van der Waals surface area contributed by atoms with Crippen LogP contribution < -0.4 is 5.32 Å². The van der Waals surface area contributed by atoms with E-state index in [2.05, 4.69) is 16.4 Å². The first kappa shape index (κ1) is 10.6. The number of nitriles is 1. The molecule has 1 N–H and O–H groups in total. The van der Waals surface area contributed by atoms with Crippen LogP contribution in [0.4, 0.5) is 0 Å². The second-order valence-corrected chi connectivity index (χ2v) is 4.18. The molecule has 2 rings (SSSR count). The van der Waals surface area contributed by atoms with E-state index in [9.17, 15) is 4.79 Å². The molecule has 0 aliphatic heterocycles. The maximum atomic E-state index is 11.7. The Morgan fingerprint density at radius 3 is 3.00 bits per heavy atom. The number of nitrogens with one attached hydrogen (secondary N) is 1. The van der Waals surface area contributed by atoms with Crippen molar-refractivity contribution >= 4 is 5.91 Å². The molecular weight excluding hydrogens is 202 g/mol. The minimum Gasteiger partial charge on any atom is -0.351 e. The van der Waals surface area contributed by atoms with Gasteiger partial charge in [-0.15, -0.1) is 0 Å². The first-order valence-corrected chi connectivity index (χ1v) is 5.27. The molecule has 4 nitrogen and oxygen atoms in total. The molecule has 1 amide bonds. The van der Waals surface area contributed by atoms with Crippen LogP contribution in [-0.2, 0) is 11.3 Å². The highest BCUT2D eigenvalue weighted by molar-refractivity contribution is 5.88. The second kappa shape index (κ2) is 3.93. The van der Waals surface area contributed by atoms with Crippen molar-refractivity contribution in [3.63, 3.8) is 0 Å². The SMILES string of the molecule is Cc1ccncc1CNC(=O)C1(C#N)CC1. The van der Waals surface area contributed by atoms with E-state index in [4.69, 9.17) is 5.26 Å². The van der Waals surface area contributed by atoms with Crippen molar-refractivity contribution in [2.75, 3.05) is 0 Å². The lowest BCUT2D eigenvalue weighted by Crippen LogP contribution is -2.30. The number of aryl methyl sites for hydroxylation is 1. The molecule has 1 saturated carbocycles. The summed E-state index contributed by atoms with van der Waals surface area (Å²) >= 11 is 0. The summed E-state index contributed by atoms with van der Waals surface area (Å²) in [6.07, 6.45) is 4.82. The highest BCUT2D eigenvalue weighted by Crippen LogP contribution is 2.44. The van der Waals surface area contributed by atoms with Gasteiger partial charge < -0.3 is 5.32 Å². The van der Waals surface area contributed by atoms with Crippen molar-refractivity contribution in [3.05, 3.63) is 29.6 Å². The number of carbonyl (C=O) groups is 1. The number of pyridine rings is 1. The minimum absolute atomic E-state index is 0.154. The first-order valence-electron chi connectivity index (χ1n) is 5.27. The van der Waals surface area contributed by atoms with Gasteiger partial charge in [0.2, 0.25) is 5.91 Å². The van der Waals surface area contributed by atoms with Crippen LogP contribution in [0.2, 0.25) is 0 Å². The van der Waals surface area contributed by atoms with E-state index in [-0.39, 0.29) is 5.91 Å². The zero-order valence-electron chi connectivity index (χ0n) is 9.16. The third-order valence-electron chi connectivity index (χ3n) is 2.99. The average molecular weight is 215 g/mol. The van der Waals surface area contributed by atoms with Crippen LogP contribution in [-0.4, -0.2) is 10.9 Å². The predicted molar refractivity (Wildman–Crippen MR) is 58.1 cm³/mol. The smallest absolute Gasteiger partial charge is 0.240 e. The van der Waals surface area contributed by atoms with Gasteiger partial charge in [0.05, 0.1) is 6.07 Å². The molecule has 16 heavy (non-hydrogen) atoms. The second-order valence-electron chi connectivity index (χ2n) is 4.18. The van der Waals surface area contributed by atoms with Crippen LogP contribution in [0, 0.1) is 23.7 Å². The molecule has 1 aromatic rings. The van der Waals surface area contributed by atoms with Gasteiger partial charge >= 0.3 is 0 Å². The molecule has 4 heteroatoms. The van der Waals surface area contributed by atoms with Gasteiger partial charge in [0.25, 0.3) is 0 Å². The standard InChI is InChI=1S/C12H13N3O/c1-9-2-5-14-6-10(9)7-15-11(16)12(8-13)3-4-12/h2,5-6H,3-4,7H2,1H3,(H,15,16). The fraction of sp³-hybridized carbons (Fsp3) is 0.417. The van der Waals surface area contributed by atoms with E-state index < -0.39 is 5.41 Å². The van der Waals surface area contributed by atoms with Crippen molar-refractivity contribution in [1.29, 1.82) is 5.26 Å². The highest BCUT2D eigenvalue weighted by atomic mass is 16.2. The number of hydrogen-bond acceptors (Lipinski definition) is 3. The lowest BCUT2D eigenvalue weighted by atomic mass is 10.1. The summed E-state index contributed by atoms with van der Waals surface area (Å²) in [4.78, 5) is 15.7. The zero-order chi connectivity index (χ0) is 11.6. The molecule has 0 saturated heterocycles. The molecule has 1 aliphatic carbocycles. The van der Waals surface area contributed by atoms with Gasteiger partial charge in [-0.3, -0.25) is 9.78 Å². The topological polar surface area (TPSA) is 65.8 Å². The first-order chi connectivity index (χ1) is 7.68. The Bertz CT molecular complexity index is 458. The third kappa shape index (κ3) is 1.89. The van der Waals surface area contributed by atoms with Gasteiger partial charge in [-0.2, -0.15) is 5.26 Å². The lowest BCUT2D eigenvalue weighted by Gasteiger charge is -2.09. The molecule has 0 atom stereocenters. The summed E-state index contributed by atoms with van der Waals surface area (Å²) in [7, 11) is 0. The van der Waals surface area contributed by atoms with Gasteiger partial charge in [-0.05, 0) is 37.0 Å². The number of aromatic nitrogens is 1. The van der Waals surface area contributed by atoms with Crippen molar-refractivity contribution < 1.29 is 4.79 Å². The van der Waals surface area contributed by atoms with Crippen LogP contribution in [0.25, 0.3) is 0 Å². The molecule has 0 unspecified atom stereocenters. The Balaban J connectivity index is 1.96. The minimum atomic E-state index is -0.740. The molecule has 0 bridgehead atoms. The highest BCUT2D eigenvalue weighted by Gasteiger charge is 2.50. The number of carbonyl (C=O) groups excluding carboxylic acids is 1. The van der Waals surface area contributed by atoms with Crippen LogP contribution >= 0.6 is 0 Å². The Hall–Kier alpha value is -1.89. The molecule has 1 fully saturated rings. The van der Waals surface area contributed by atoms with Crippen LogP contribution in [0.3, 0.4) is 0 Å². The summed E-state index contributed by atoms with van der Waals surface area (Å²) in [6, 6.07) is 3.98. The predicted octanol–water partition coefficient (Wildman–Crippen LogP) is 1.31. The third-order valence-corrected chi connectivity index (χ3v) is 2.99. The van der Waals surface area contributed by atoms with Crippen LogP contribution in [0.5, 0.6) is 0 Å². The van der Waals surface area contributed by atoms with Crippen molar-refractivity contribution in [2.45, 2.75) is 26.3 Å². The van der Waals surface area contributed by atoms with Crippen molar-refractivity contribution in [2.24, 2.45) is 5.41 Å². The van der Waals surface area contributed by atoms with E-state index in [1.165, 1.54) is 0 Å². The quantitative estimate of drug-likeness (QED) is 0.826. The molecule has 82 valence electrons. The lowest BCUT2D eigenvalue weighted by molar-refractivity contribution is -0.124. The van der Waals surface area contributed by atoms with E-state index in [0.29, 0.717) is 19.4 Å². The summed E-state index contributed by atoms with van der Waals surface area (Å²) in [5, 5.41) is 11.6. The maximum Gasteiger partial charge on any atom is 0.240 e. The zero-order valence-corrected chi connectivity index (χ0v) is 9.16. The molecule has 1 aliphatic rings. The molecule has 1 aromatic heterocycles. The van der Waals surface area contributed by atoms with Crippen LogP contribution in [0.15, 0.2) is 18.5 Å². The average Bonchev–Trinajstić information content (AvgIpc) is 3.08. The molecule has 0 spiro atoms. The Kier molecular flexibility index (Phi) is 2.61. The van der Waals surface area contributed by atoms with Crippen molar-refractivity contribution in [3.8, 4) is 6.07 Å². The molecule has 1 heterocycles. The number of hydrogen-bond donors (Lipinski definition) is 1. The Morgan fingerprint density at radius 1 is 1.69 bits per heavy atom. The fourth-order valence-electron chi connectivity index (χ4n) is 1.54. The number of amides is 1. The summed E-state index contributed by atoms with van der Waals surface area (Å²) in [6.45, 7) is 2.42. The van der Waals surface area contributed by atoms with E-state index in [1.807, 2.05) is 13.0 Å². The van der Waals surface area contributed by atoms with Gasteiger partial charge in [-0.25, -0.2) is 0 Å². The van der Waals surface area contributed by atoms with E-state index >= 15 is 0 Å². The maximum absolute atomic E-state index is 11.7. The van der Waals surface area contributed by atoms with Crippen molar-refractivity contribution in [1.82, 2.24) is 10.3 Å². The molecular formula is C12H13N3O. The Labute approximate surface area is 94.3 Å². The molecule has 0 aromatic carbocycles. The largest absolute Gasteiger partial charge is 0.351 e. The van der Waals surface area contributed by atoms with E-state index in [0.717, 1.165) is 11.1 Å². The summed E-state index contributed by atoms with van der Waals surface area (Å²) < 4.78 is 0. The van der Waals surface area contributed by atoms with Gasteiger partial charge in [0.1, 0.15) is 5.41 Å². The fourth-order valence-corrected chi connectivity index (χ4v) is 1.54. The number of rotatable bonds is 3. The summed E-state index contributed by atoms with van der Waals surface area (Å²) in [5.41, 5.74) is 1.34. The van der Waals surface area contributed by atoms with Crippen LogP contribution in [0.1, 0.15) is 24.0 Å². The van der Waals surface area contributed by atoms with Gasteiger partial charge in [-0.1, -0.05) is 0 Å². The monoisotopic (exact) mass is 215 g/mol. The Morgan fingerprint density at radius 2 is 2.44 bits per heavy atom. The summed E-state index contributed by atoms with van der Waals surface area (Å²) in [5.74, 6) is -0.154.